The fourth-order valence-electron chi connectivity index (χ4n) is 0.558. The van der Waals surface area contributed by atoms with E-state index in [1.165, 1.54) is 0 Å². The lowest BCUT2D eigenvalue weighted by Gasteiger charge is -1.87. The van der Waals surface area contributed by atoms with Crippen LogP contribution >= 0.6 is 0 Å². The lowest BCUT2D eigenvalue weighted by atomic mass is 10.4. The van der Waals surface area contributed by atoms with Crippen molar-refractivity contribution in [2.24, 2.45) is 0 Å². The molecular weight excluding hydrogens is 102 g/mol. The van der Waals surface area contributed by atoms with Crippen LogP contribution in [0.1, 0.15) is 5.69 Å². The highest BCUT2D eigenvalue weighted by atomic mass is 14.8. The van der Waals surface area contributed by atoms with E-state index in [0.29, 0.717) is 11.4 Å². The quantitative estimate of drug-likeness (QED) is 0.456. The summed E-state index contributed by atoms with van der Waals surface area (Å²) in [6.07, 6.45) is 1.69. The number of aromatic amines is 1. The molecule has 0 amide bonds. The number of hydrogen-bond acceptors (Lipinski definition) is 2. The second kappa shape index (κ2) is 1.43. The summed E-state index contributed by atoms with van der Waals surface area (Å²) < 4.78 is 0. The van der Waals surface area contributed by atoms with Crippen LogP contribution < -0.4 is 11.5 Å². The minimum absolute atomic E-state index is 0.627. The maximum Gasteiger partial charge on any atom is 0.0755 e. The topological polar surface area (TPSA) is 67.8 Å². The maximum absolute atomic E-state index is 5.45. The number of rotatable bonds is 0. The summed E-state index contributed by atoms with van der Waals surface area (Å²) in [6, 6.07) is 0. The normalized spacial score (nSPS) is 9.62. The van der Waals surface area contributed by atoms with Gasteiger partial charge < -0.3 is 16.5 Å². The van der Waals surface area contributed by atoms with Crippen molar-refractivity contribution < 1.29 is 0 Å². The molecule has 0 spiro atoms. The van der Waals surface area contributed by atoms with Gasteiger partial charge in [-0.05, 0) is 6.92 Å². The smallest absolute Gasteiger partial charge is 0.0755 e. The Morgan fingerprint density at radius 3 is 2.25 bits per heavy atom. The lowest BCUT2D eigenvalue weighted by molar-refractivity contribution is 1.27. The number of nitrogens with two attached hydrogens (primary N) is 2. The summed E-state index contributed by atoms with van der Waals surface area (Å²) in [5, 5.41) is 0. The Morgan fingerprint density at radius 2 is 2.12 bits per heavy atom. The van der Waals surface area contributed by atoms with Gasteiger partial charge in [0, 0.05) is 11.9 Å². The van der Waals surface area contributed by atoms with Crippen molar-refractivity contribution in [3.05, 3.63) is 11.9 Å². The highest BCUT2D eigenvalue weighted by Gasteiger charge is 1.96. The lowest BCUT2D eigenvalue weighted by Crippen LogP contribution is -1.90. The van der Waals surface area contributed by atoms with Crippen molar-refractivity contribution in [2.75, 3.05) is 11.5 Å². The van der Waals surface area contributed by atoms with Gasteiger partial charge in [0.15, 0.2) is 0 Å². The molecule has 1 rings (SSSR count). The molecule has 3 heteroatoms. The average molecular weight is 111 g/mol. The largest absolute Gasteiger partial charge is 0.396 e. The molecule has 0 radical (unpaired) electrons. The van der Waals surface area contributed by atoms with Gasteiger partial charge in [-0.15, -0.1) is 0 Å². The number of aromatic nitrogens is 1. The van der Waals surface area contributed by atoms with Gasteiger partial charge in [-0.1, -0.05) is 0 Å². The van der Waals surface area contributed by atoms with Crippen LogP contribution in [0.15, 0.2) is 6.20 Å². The van der Waals surface area contributed by atoms with E-state index in [1.807, 2.05) is 6.92 Å². The van der Waals surface area contributed by atoms with Crippen LogP contribution in [0.3, 0.4) is 0 Å². The SMILES string of the molecule is Cc1[nH]cc(N)c1N. The van der Waals surface area contributed by atoms with Gasteiger partial charge in [-0.2, -0.15) is 0 Å². The summed E-state index contributed by atoms with van der Waals surface area (Å²) >= 11 is 0. The van der Waals surface area contributed by atoms with Crippen LogP contribution in [0.25, 0.3) is 0 Å². The van der Waals surface area contributed by atoms with Crippen molar-refractivity contribution in [2.45, 2.75) is 6.92 Å². The van der Waals surface area contributed by atoms with Gasteiger partial charge in [0.2, 0.25) is 0 Å². The monoisotopic (exact) mass is 111 g/mol. The predicted molar refractivity (Wildman–Crippen MR) is 34.4 cm³/mol. The third kappa shape index (κ3) is 0.521. The zero-order valence-electron chi connectivity index (χ0n) is 4.73. The van der Waals surface area contributed by atoms with Gasteiger partial charge in [0.1, 0.15) is 0 Å². The fraction of sp³-hybridized carbons (Fsp3) is 0.200. The molecule has 0 aliphatic rings. The Morgan fingerprint density at radius 1 is 1.50 bits per heavy atom. The molecule has 0 unspecified atom stereocenters. The molecule has 3 nitrogen and oxygen atoms in total. The van der Waals surface area contributed by atoms with E-state index < -0.39 is 0 Å². The molecule has 0 aliphatic heterocycles. The van der Waals surface area contributed by atoms with E-state index in [2.05, 4.69) is 4.98 Å². The Labute approximate surface area is 47.7 Å². The highest BCUT2D eigenvalue weighted by Crippen LogP contribution is 2.16. The molecular formula is C5H9N3. The van der Waals surface area contributed by atoms with E-state index in [9.17, 15) is 0 Å². The number of anilines is 2. The first-order chi connectivity index (χ1) is 3.72. The molecule has 1 heterocycles. The number of nitrogens with one attached hydrogen (secondary N) is 1. The third-order valence-electron chi connectivity index (χ3n) is 1.16. The number of aryl methyl sites for hydroxylation is 1. The summed E-state index contributed by atoms with van der Waals surface area (Å²) in [4.78, 5) is 2.89. The van der Waals surface area contributed by atoms with Crippen molar-refractivity contribution >= 4 is 11.4 Å². The Kier molecular flexibility index (Phi) is 0.901. The van der Waals surface area contributed by atoms with Crippen LogP contribution in [-0.4, -0.2) is 4.98 Å². The molecule has 5 N–H and O–H groups in total. The molecule has 0 saturated carbocycles. The van der Waals surface area contributed by atoms with Crippen LogP contribution in [0.5, 0.6) is 0 Å². The first-order valence-corrected chi connectivity index (χ1v) is 2.40. The number of hydrogen-bond donors (Lipinski definition) is 3. The van der Waals surface area contributed by atoms with E-state index >= 15 is 0 Å². The summed E-state index contributed by atoms with van der Waals surface area (Å²) in [5.74, 6) is 0. The molecule has 0 bridgehead atoms. The summed E-state index contributed by atoms with van der Waals surface area (Å²) in [5.41, 5.74) is 13.0. The third-order valence-corrected chi connectivity index (χ3v) is 1.16. The van der Waals surface area contributed by atoms with Gasteiger partial charge in [-0.25, -0.2) is 0 Å². The van der Waals surface area contributed by atoms with Gasteiger partial charge >= 0.3 is 0 Å². The minimum Gasteiger partial charge on any atom is -0.396 e. The summed E-state index contributed by atoms with van der Waals surface area (Å²) in [7, 11) is 0. The predicted octanol–water partition coefficient (Wildman–Crippen LogP) is 0.488. The molecule has 1 aromatic rings. The summed E-state index contributed by atoms with van der Waals surface area (Å²) in [6.45, 7) is 1.88. The highest BCUT2D eigenvalue weighted by molar-refractivity contribution is 5.65. The van der Waals surface area contributed by atoms with E-state index in [1.54, 1.807) is 6.20 Å². The Hall–Kier alpha value is -1.12. The van der Waals surface area contributed by atoms with Crippen LogP contribution in [0.2, 0.25) is 0 Å². The molecule has 1 aromatic heterocycles. The van der Waals surface area contributed by atoms with Crippen molar-refractivity contribution in [3.8, 4) is 0 Å². The fourth-order valence-corrected chi connectivity index (χ4v) is 0.558. The number of nitrogen functional groups attached to an aromatic ring is 2. The van der Waals surface area contributed by atoms with Crippen LogP contribution in [0.4, 0.5) is 11.4 Å². The Bertz CT molecular complexity index is 170. The molecule has 8 heavy (non-hydrogen) atoms. The molecule has 0 fully saturated rings. The molecule has 44 valence electrons. The number of H-pyrrole nitrogens is 1. The van der Waals surface area contributed by atoms with Crippen molar-refractivity contribution in [3.63, 3.8) is 0 Å². The maximum atomic E-state index is 5.45. The van der Waals surface area contributed by atoms with E-state index in [-0.39, 0.29) is 0 Å². The van der Waals surface area contributed by atoms with Gasteiger partial charge in [0.25, 0.3) is 0 Å². The molecule has 0 saturated heterocycles. The first-order valence-electron chi connectivity index (χ1n) is 2.40. The van der Waals surface area contributed by atoms with Crippen LogP contribution in [-0.2, 0) is 0 Å². The minimum atomic E-state index is 0.627. The molecule has 0 atom stereocenters. The zero-order valence-corrected chi connectivity index (χ0v) is 4.73. The van der Waals surface area contributed by atoms with Crippen LogP contribution in [0, 0.1) is 6.92 Å². The van der Waals surface area contributed by atoms with Gasteiger partial charge in [-0.3, -0.25) is 0 Å². The molecule has 0 aliphatic carbocycles. The first kappa shape index (κ1) is 5.03. The Balaban J connectivity index is 3.19. The van der Waals surface area contributed by atoms with Crippen molar-refractivity contribution in [1.82, 2.24) is 4.98 Å². The van der Waals surface area contributed by atoms with E-state index in [4.69, 9.17) is 11.5 Å². The second-order valence-electron chi connectivity index (χ2n) is 1.78. The average Bonchev–Trinajstić information content (AvgIpc) is 1.98. The second-order valence-corrected chi connectivity index (χ2v) is 1.78. The van der Waals surface area contributed by atoms with Crippen molar-refractivity contribution in [1.29, 1.82) is 0 Å². The standard InChI is InChI=1S/C5H9N3/c1-3-5(7)4(6)2-8-3/h2,8H,6-7H2,1H3. The molecule has 0 aromatic carbocycles. The van der Waals surface area contributed by atoms with E-state index in [0.717, 1.165) is 5.69 Å². The zero-order chi connectivity index (χ0) is 6.15. The van der Waals surface area contributed by atoms with Gasteiger partial charge in [0.05, 0.1) is 11.4 Å².